The summed E-state index contributed by atoms with van der Waals surface area (Å²) >= 11 is 0. The Hall–Kier alpha value is -3.03. The summed E-state index contributed by atoms with van der Waals surface area (Å²) in [6.45, 7) is -0.848. The maximum Gasteiger partial charge on any atom is 0.188 e. The fraction of sp³-hybridized carbons (Fsp3) is 0.933. The quantitative estimate of drug-likeness (QED) is 0.0344. The Morgan fingerprint density at radius 1 is 0.530 bits per heavy atom. The summed E-state index contributed by atoms with van der Waals surface area (Å²) in [6.07, 6.45) is -37.7. The van der Waals surface area contributed by atoms with E-state index in [4.69, 9.17) is 98.3 Å². The molecule has 0 bridgehead atoms. The molecule has 5 saturated heterocycles. The Morgan fingerprint density at radius 2 is 1.04 bits per heavy atom. The smallest absolute Gasteiger partial charge is 0.188 e. The summed E-state index contributed by atoms with van der Waals surface area (Å²) in [5, 5.41) is 179. The minimum absolute atomic E-state index is 0.0542. The van der Waals surface area contributed by atoms with Gasteiger partial charge in [0.15, 0.2) is 55.3 Å². The van der Waals surface area contributed by atoms with Crippen LogP contribution in [0.4, 0.5) is 0 Å². The van der Waals surface area contributed by atoms with Crippen molar-refractivity contribution in [1.82, 2.24) is 16.0 Å². The SMILES string of the molecule is CN[C@@H]1[C@H](O[C@H]2[C@H](O[C@H]3[C@H](O)[C@@H](O)[C@H](NC(=N)N)[C@@H](O)[C@@H]3NC(=N)N)O[C@@H](C)[C@]2(O)C=O)O[C@@H](CO)[C@H](O[C@@H]2O[C@H](CO)[C@@H](O)[C@H](O)[C@@H]2O)[C@H]1O.NC[C@H]1O[C@H](O[C@H]2[C@H](O)[C@@H](O[C@H]3O[C@H](CO)[C@@H](O)[C@H](N)[C@H]3O)[C@H](N)C[C@@H]2N)[C@H](N)C[C@@H]1O. The van der Waals surface area contributed by atoms with Crippen LogP contribution >= 0.6 is 0 Å². The second-order valence-electron chi connectivity index (χ2n) is 21.6. The molecule has 482 valence electrons. The first-order valence-electron chi connectivity index (χ1n) is 26.7. The first-order valence-corrected chi connectivity index (χ1v) is 26.7. The third kappa shape index (κ3) is 14.8. The highest BCUT2D eigenvalue weighted by Gasteiger charge is 2.62. The summed E-state index contributed by atoms with van der Waals surface area (Å²) in [5.74, 6) is -1.37. The zero-order valence-electron chi connectivity index (χ0n) is 45.1. The van der Waals surface area contributed by atoms with Crippen LogP contribution in [0.1, 0.15) is 19.8 Å². The third-order valence-electron chi connectivity index (χ3n) is 16.0. The highest BCUT2D eigenvalue weighted by Crippen LogP contribution is 2.39. The van der Waals surface area contributed by atoms with E-state index >= 15 is 0 Å². The number of carbonyl (C=O) groups excluding carboxylic acids is 1. The molecule has 83 heavy (non-hydrogen) atoms. The van der Waals surface area contributed by atoms with E-state index in [1.54, 1.807) is 0 Å². The number of rotatable bonds is 18. The molecule has 7 aliphatic rings. The van der Waals surface area contributed by atoms with Crippen molar-refractivity contribution in [3.8, 4) is 0 Å². The summed E-state index contributed by atoms with van der Waals surface area (Å²) in [4.78, 5) is 12.3. The van der Waals surface area contributed by atoms with Crippen molar-refractivity contribution in [2.75, 3.05) is 33.4 Å². The molecule has 7 fully saturated rings. The molecule has 0 amide bonds. The molecule has 34 atom stereocenters. The molecule has 38 nitrogen and oxygen atoms in total. The molecular formula is C45H86N12O26. The highest BCUT2D eigenvalue weighted by molar-refractivity contribution is 5.76. The van der Waals surface area contributed by atoms with Crippen molar-refractivity contribution < 1.29 is 129 Å². The van der Waals surface area contributed by atoms with Gasteiger partial charge in [-0.1, -0.05) is 0 Å². The van der Waals surface area contributed by atoms with Crippen LogP contribution in [-0.4, -0.2) is 336 Å². The molecule has 7 rings (SSSR count). The predicted molar refractivity (Wildman–Crippen MR) is 272 cm³/mol. The van der Waals surface area contributed by atoms with E-state index in [1.165, 1.54) is 14.0 Å². The largest absolute Gasteiger partial charge is 0.394 e. The molecule has 0 radical (unpaired) electrons. The molecule has 34 N–H and O–H groups in total. The lowest BCUT2D eigenvalue weighted by Crippen LogP contribution is -2.73. The van der Waals surface area contributed by atoms with Crippen molar-refractivity contribution in [1.29, 1.82) is 10.8 Å². The fourth-order valence-electron chi connectivity index (χ4n) is 11.1. The van der Waals surface area contributed by atoms with Crippen LogP contribution in [0.25, 0.3) is 0 Å². The predicted octanol–water partition coefficient (Wildman–Crippen LogP) is -16.2. The molecule has 2 aliphatic carbocycles. The third-order valence-corrected chi connectivity index (χ3v) is 16.0. The number of nitrogens with one attached hydrogen (secondary N) is 5. The summed E-state index contributed by atoms with van der Waals surface area (Å²) < 4.78 is 57.3. The molecular weight excluding hydrogens is 1120 g/mol. The monoisotopic (exact) mass is 1210 g/mol. The van der Waals surface area contributed by atoms with Gasteiger partial charge in [0.2, 0.25) is 0 Å². The number of nitrogens with two attached hydrogens (primary N) is 7. The maximum atomic E-state index is 12.3. The molecule has 5 heterocycles. The fourth-order valence-corrected chi connectivity index (χ4v) is 11.1. The van der Waals surface area contributed by atoms with Gasteiger partial charge in [-0.15, -0.1) is 0 Å². The second kappa shape index (κ2) is 29.3. The molecule has 0 aromatic heterocycles. The molecule has 2 saturated carbocycles. The molecule has 5 aliphatic heterocycles. The van der Waals surface area contributed by atoms with Crippen molar-refractivity contribution in [2.45, 2.75) is 227 Å². The first kappa shape index (κ1) is 69.1. The lowest BCUT2D eigenvalue weighted by Gasteiger charge is -2.48. The number of carbonyl (C=O) groups is 1. The van der Waals surface area contributed by atoms with Gasteiger partial charge in [-0.25, -0.2) is 0 Å². The van der Waals surface area contributed by atoms with Crippen molar-refractivity contribution in [3.05, 3.63) is 0 Å². The number of aliphatic hydroxyl groups excluding tert-OH is 14. The van der Waals surface area contributed by atoms with Crippen LogP contribution in [0.5, 0.6) is 0 Å². The van der Waals surface area contributed by atoms with Gasteiger partial charge < -0.3 is 180 Å². The van der Waals surface area contributed by atoms with E-state index in [1.807, 2.05) is 0 Å². The number of ether oxygens (including phenoxy) is 10. The van der Waals surface area contributed by atoms with Gasteiger partial charge >= 0.3 is 0 Å². The van der Waals surface area contributed by atoms with E-state index in [0.29, 0.717) is 0 Å². The Bertz CT molecular complexity index is 2080. The minimum Gasteiger partial charge on any atom is -0.394 e. The van der Waals surface area contributed by atoms with Gasteiger partial charge in [0.1, 0.15) is 104 Å². The number of hydrogen-bond donors (Lipinski definition) is 27. The highest BCUT2D eigenvalue weighted by atomic mass is 16.8. The molecule has 38 heteroatoms. The molecule has 0 aromatic rings. The van der Waals surface area contributed by atoms with Crippen LogP contribution in [0.3, 0.4) is 0 Å². The Morgan fingerprint density at radius 3 is 1.58 bits per heavy atom. The normalized spacial score (nSPS) is 50.4. The van der Waals surface area contributed by atoms with Crippen LogP contribution in [0.2, 0.25) is 0 Å². The van der Waals surface area contributed by atoms with E-state index in [9.17, 15) is 81.4 Å². The average molecular weight is 1210 g/mol. The van der Waals surface area contributed by atoms with E-state index < -0.39 is 239 Å². The Labute approximate surface area is 473 Å². The number of aldehydes is 1. The van der Waals surface area contributed by atoms with Crippen LogP contribution < -0.4 is 56.1 Å². The summed E-state index contributed by atoms with van der Waals surface area (Å²) in [7, 11) is 1.36. The van der Waals surface area contributed by atoms with Gasteiger partial charge in [-0.3, -0.25) is 15.6 Å². The van der Waals surface area contributed by atoms with Crippen molar-refractivity contribution in [2.24, 2.45) is 40.1 Å². The Balaban J connectivity index is 0.000000296. The number of hydrogen-bond acceptors (Lipinski definition) is 34. The van der Waals surface area contributed by atoms with Gasteiger partial charge in [-0.2, -0.15) is 0 Å². The van der Waals surface area contributed by atoms with Gasteiger partial charge in [0.05, 0.1) is 74.4 Å². The number of aliphatic hydroxyl groups is 15. The average Bonchev–Trinajstić information content (AvgIpc) is 2.80. The van der Waals surface area contributed by atoms with Gasteiger partial charge in [0, 0.05) is 18.6 Å². The lowest BCUT2D eigenvalue weighted by atomic mass is 9.81. The lowest BCUT2D eigenvalue weighted by molar-refractivity contribution is -0.357. The first-order chi connectivity index (χ1) is 39.0. The standard InChI is InChI=1S/C27H49N7O17.C18H37N5O9/c1-6-27(45,5-37)21(24(46-6)50-20-10(34-26(30)31)13(39)9(33-25(28)29)14(40)17(20)43)51-22-11(32-2)15(41)19(8(4-36)48-22)49-23-18(44)16(42)12(38)7(3-35)47-23;19-3-9-8(25)2-7(22)17(29-9)31-15-5(20)1-6(21)16(14(15)28)32-18-13(27)11(23)12(26)10(4-24)30-18/h5-24,32,35-36,38-45H,3-4H2,1-2H3,(H4,28,29,33)(H4,30,31,34);5-18,24-28H,1-4,19-23H2/t6-,7+,8-,9+,10-,11-,12+,13+,14-,15-,16-,17+,18-,19-,20+,21-,22-,23-,24-,27+;5-,6+,7+,8-,9+,10+,11-,12+,13+,14-,15+,16-,17+,18+/m00/s1. The Kier molecular flexibility index (Phi) is 24.4. The number of guanidine groups is 2. The van der Waals surface area contributed by atoms with Gasteiger partial charge in [0.25, 0.3) is 0 Å². The van der Waals surface area contributed by atoms with Gasteiger partial charge in [-0.05, 0) is 26.8 Å². The number of likely N-dealkylation sites (N-methyl/N-ethyl adjacent to an activating group) is 1. The van der Waals surface area contributed by atoms with Crippen molar-refractivity contribution >= 4 is 18.2 Å². The summed E-state index contributed by atoms with van der Waals surface area (Å²) in [5.41, 5.74) is 38.1. The second-order valence-corrected chi connectivity index (χ2v) is 21.6. The topological polar surface area (TPSA) is 679 Å². The molecule has 0 spiro atoms. The van der Waals surface area contributed by atoms with Crippen molar-refractivity contribution in [3.63, 3.8) is 0 Å². The zero-order chi connectivity index (χ0) is 61.8. The molecule has 0 unspecified atom stereocenters. The van der Waals surface area contributed by atoms with Crippen LogP contribution in [-0.2, 0) is 52.2 Å². The minimum atomic E-state index is -2.51. The van der Waals surface area contributed by atoms with E-state index in [0.717, 1.165) is 0 Å². The van der Waals surface area contributed by atoms with E-state index in [2.05, 4.69) is 16.0 Å². The van der Waals surface area contributed by atoms with Crippen LogP contribution in [0, 0.1) is 10.8 Å². The maximum absolute atomic E-state index is 12.3. The zero-order valence-corrected chi connectivity index (χ0v) is 45.1. The summed E-state index contributed by atoms with van der Waals surface area (Å²) in [6, 6.07) is -7.54. The van der Waals surface area contributed by atoms with E-state index in [-0.39, 0.29) is 25.7 Å². The molecule has 0 aromatic carbocycles. The van der Waals surface area contributed by atoms with Crippen LogP contribution in [0.15, 0.2) is 0 Å².